The first-order valence-electron chi connectivity index (χ1n) is 22.8. The van der Waals surface area contributed by atoms with Gasteiger partial charge in [-0.25, -0.2) is 4.79 Å². The quantitative estimate of drug-likeness (QED) is 0.0493. The van der Waals surface area contributed by atoms with Gasteiger partial charge in [-0.1, -0.05) is 163 Å². The van der Waals surface area contributed by atoms with Gasteiger partial charge in [-0.2, -0.15) is 0 Å². The van der Waals surface area contributed by atoms with Gasteiger partial charge in [-0.3, -0.25) is 4.79 Å². The van der Waals surface area contributed by atoms with Crippen LogP contribution in [0.25, 0.3) is 0 Å². The van der Waals surface area contributed by atoms with Crippen molar-refractivity contribution >= 4 is 12.1 Å². The third-order valence-electron chi connectivity index (χ3n) is 10.5. The van der Waals surface area contributed by atoms with Crippen LogP contribution in [0.4, 0.5) is 4.79 Å². The van der Waals surface area contributed by atoms with Crippen molar-refractivity contribution in [3.05, 3.63) is 0 Å². The number of carbonyl (C=O) groups is 2. The number of esters is 1. The van der Waals surface area contributed by atoms with Crippen molar-refractivity contribution in [1.29, 1.82) is 0 Å². The molecule has 0 aliphatic carbocycles. The molecule has 0 rings (SSSR count). The molecule has 7 nitrogen and oxygen atoms in total. The summed E-state index contributed by atoms with van der Waals surface area (Å²) in [6, 6.07) is 0. The molecule has 0 fully saturated rings. The Kier molecular flexibility index (Phi) is 39.8. The highest BCUT2D eigenvalue weighted by atomic mass is 16.7. The lowest BCUT2D eigenvalue weighted by Crippen LogP contribution is -2.29. The van der Waals surface area contributed by atoms with Crippen molar-refractivity contribution in [1.82, 2.24) is 4.90 Å². The van der Waals surface area contributed by atoms with E-state index in [1.54, 1.807) is 0 Å². The Labute approximate surface area is 323 Å². The molecular formula is C45H89NO6. The number of carbonyl (C=O) groups excluding carboxylic acids is 2. The monoisotopic (exact) mass is 740 g/mol. The van der Waals surface area contributed by atoms with E-state index in [2.05, 4.69) is 32.6 Å². The van der Waals surface area contributed by atoms with E-state index >= 15 is 0 Å². The zero-order chi connectivity index (χ0) is 38.2. The number of ether oxygens (including phenoxy) is 3. The van der Waals surface area contributed by atoms with Gasteiger partial charge in [0.1, 0.15) is 6.10 Å². The summed E-state index contributed by atoms with van der Waals surface area (Å²) in [4.78, 5) is 27.7. The molecule has 0 heterocycles. The van der Waals surface area contributed by atoms with Crippen molar-refractivity contribution in [3.8, 4) is 0 Å². The lowest BCUT2D eigenvalue weighted by molar-refractivity contribution is -0.149. The summed E-state index contributed by atoms with van der Waals surface area (Å²) in [6.07, 6.45) is 34.9. The van der Waals surface area contributed by atoms with Gasteiger partial charge in [0.25, 0.3) is 0 Å². The van der Waals surface area contributed by atoms with E-state index in [0.29, 0.717) is 19.8 Å². The molecule has 1 N–H and O–H groups in total. The van der Waals surface area contributed by atoms with Gasteiger partial charge >= 0.3 is 12.1 Å². The summed E-state index contributed by atoms with van der Waals surface area (Å²) in [5, 5.41) is 9.58. The van der Waals surface area contributed by atoms with Gasteiger partial charge in [0, 0.05) is 6.54 Å². The van der Waals surface area contributed by atoms with Gasteiger partial charge in [0.15, 0.2) is 0 Å². The first-order chi connectivity index (χ1) is 25.5. The van der Waals surface area contributed by atoms with Crippen LogP contribution in [0.15, 0.2) is 0 Å². The van der Waals surface area contributed by atoms with Crippen molar-refractivity contribution in [2.75, 3.05) is 39.5 Å². The lowest BCUT2D eigenvalue weighted by atomic mass is 9.94. The highest BCUT2D eigenvalue weighted by Gasteiger charge is 2.19. The summed E-state index contributed by atoms with van der Waals surface area (Å²) >= 11 is 0. The molecule has 52 heavy (non-hydrogen) atoms. The highest BCUT2D eigenvalue weighted by Crippen LogP contribution is 2.21. The van der Waals surface area contributed by atoms with E-state index in [4.69, 9.17) is 14.2 Å². The fourth-order valence-electron chi connectivity index (χ4n) is 7.08. The topological polar surface area (TPSA) is 85.3 Å². The third kappa shape index (κ3) is 34.4. The number of aliphatic hydroxyl groups excluding tert-OH is 1. The van der Waals surface area contributed by atoms with Crippen LogP contribution in [0.5, 0.6) is 0 Å². The smallest absolute Gasteiger partial charge is 0.465 e. The number of unbranched alkanes of at least 4 members (excludes halogenated alkanes) is 21. The van der Waals surface area contributed by atoms with E-state index in [1.807, 2.05) is 0 Å². The summed E-state index contributed by atoms with van der Waals surface area (Å²) in [7, 11) is 0. The van der Waals surface area contributed by atoms with E-state index in [9.17, 15) is 14.7 Å². The van der Waals surface area contributed by atoms with Gasteiger partial charge in [-0.05, 0) is 77.3 Å². The maximum absolute atomic E-state index is 12.9. The second-order valence-corrected chi connectivity index (χ2v) is 15.6. The molecule has 7 heteroatoms. The molecule has 0 aliphatic rings. The van der Waals surface area contributed by atoms with E-state index in [-0.39, 0.29) is 24.6 Å². The van der Waals surface area contributed by atoms with Crippen molar-refractivity contribution in [3.63, 3.8) is 0 Å². The van der Waals surface area contributed by atoms with E-state index in [1.165, 1.54) is 96.3 Å². The zero-order valence-corrected chi connectivity index (χ0v) is 35.3. The molecule has 0 aromatic carbocycles. The van der Waals surface area contributed by atoms with Crippen molar-refractivity contribution < 1.29 is 28.9 Å². The minimum absolute atomic E-state index is 0.0109. The molecular weight excluding hydrogens is 650 g/mol. The summed E-state index contributed by atoms with van der Waals surface area (Å²) < 4.78 is 17.0. The molecule has 310 valence electrons. The maximum Gasteiger partial charge on any atom is 0.508 e. The molecule has 0 spiro atoms. The third-order valence-corrected chi connectivity index (χ3v) is 10.5. The minimum Gasteiger partial charge on any atom is -0.465 e. The van der Waals surface area contributed by atoms with Crippen LogP contribution in [0.3, 0.4) is 0 Å². The number of aliphatic hydroxyl groups is 1. The minimum atomic E-state index is -0.494. The molecule has 0 saturated heterocycles. The number of rotatable bonds is 41. The number of hydrogen-bond acceptors (Lipinski definition) is 7. The van der Waals surface area contributed by atoms with E-state index in [0.717, 1.165) is 116 Å². The molecule has 0 amide bonds. The second kappa shape index (κ2) is 40.8. The Hall–Kier alpha value is -1.34. The van der Waals surface area contributed by atoms with Crippen LogP contribution < -0.4 is 0 Å². The molecule has 2 unspecified atom stereocenters. The molecule has 0 aromatic rings. The molecule has 0 saturated carbocycles. The summed E-state index contributed by atoms with van der Waals surface area (Å²) in [5.41, 5.74) is 0. The van der Waals surface area contributed by atoms with Gasteiger partial charge in [-0.15, -0.1) is 0 Å². The van der Waals surface area contributed by atoms with Crippen LogP contribution >= 0.6 is 0 Å². The van der Waals surface area contributed by atoms with Gasteiger partial charge in [0.2, 0.25) is 0 Å². The predicted molar refractivity (Wildman–Crippen MR) is 220 cm³/mol. The van der Waals surface area contributed by atoms with Crippen molar-refractivity contribution in [2.45, 2.75) is 233 Å². The van der Waals surface area contributed by atoms with E-state index < -0.39 is 6.16 Å². The fraction of sp³-hybridized carbons (Fsp3) is 0.956. The molecule has 2 atom stereocenters. The van der Waals surface area contributed by atoms with Crippen LogP contribution in [0.2, 0.25) is 0 Å². The Bertz CT molecular complexity index is 749. The first kappa shape index (κ1) is 50.7. The maximum atomic E-state index is 12.9. The highest BCUT2D eigenvalue weighted by molar-refractivity contribution is 5.72. The average molecular weight is 740 g/mol. The van der Waals surface area contributed by atoms with Crippen LogP contribution in [0.1, 0.15) is 227 Å². The molecule has 0 aliphatic heterocycles. The lowest BCUT2D eigenvalue weighted by Gasteiger charge is -2.21. The Balaban J connectivity index is 4.15. The fourth-order valence-corrected chi connectivity index (χ4v) is 7.08. The molecule has 0 bridgehead atoms. The zero-order valence-electron chi connectivity index (χ0n) is 35.3. The Morgan fingerprint density at radius 3 is 1.33 bits per heavy atom. The standard InChI is InChI=1S/C45H89NO6/c1-5-9-13-17-19-25-33-42(32-24-15-11-7-3)44(48)50-40-30-22-20-28-36-46(38-39-47)37-29-21-23-31-41-51-45(49)52-43(34-26-16-12-8-4)35-27-18-14-10-6-2/h42-43,47H,5-41H2,1-4H3. The molecule has 0 aromatic heterocycles. The van der Waals surface area contributed by atoms with Crippen LogP contribution in [-0.4, -0.2) is 67.7 Å². The van der Waals surface area contributed by atoms with Crippen LogP contribution in [0, 0.1) is 5.92 Å². The number of hydrogen-bond donors (Lipinski definition) is 1. The van der Waals surface area contributed by atoms with Crippen molar-refractivity contribution in [2.24, 2.45) is 5.92 Å². The normalized spacial score (nSPS) is 12.7. The summed E-state index contributed by atoms with van der Waals surface area (Å²) in [5.74, 6) is 0.118. The predicted octanol–water partition coefficient (Wildman–Crippen LogP) is 13.1. The van der Waals surface area contributed by atoms with Gasteiger partial charge in [0.05, 0.1) is 25.7 Å². The Morgan fingerprint density at radius 1 is 0.462 bits per heavy atom. The second-order valence-electron chi connectivity index (χ2n) is 15.6. The van der Waals surface area contributed by atoms with Gasteiger partial charge < -0.3 is 24.2 Å². The van der Waals surface area contributed by atoms with Crippen LogP contribution in [-0.2, 0) is 19.0 Å². The number of nitrogens with zero attached hydrogens (tertiary/aromatic N) is 1. The largest absolute Gasteiger partial charge is 0.508 e. The molecule has 0 radical (unpaired) electrons. The SMILES string of the molecule is CCCCCCCCC(CCCCCC)C(=O)OCCCCCCN(CCO)CCCCCCOC(=O)OC(CCCCCC)CCCCCCC. The Morgan fingerprint density at radius 2 is 0.846 bits per heavy atom. The average Bonchev–Trinajstić information content (AvgIpc) is 3.14. The first-order valence-corrected chi connectivity index (χ1v) is 22.8. The summed E-state index contributed by atoms with van der Waals surface area (Å²) in [6.45, 7) is 12.8.